The number of aliphatic carboxylic acids is 1. The molecule has 0 unspecified atom stereocenters. The number of hydrogen-bond donors (Lipinski definition) is 7. The number of carbonyl (C=O) groups is 3. The minimum atomic E-state index is -2.44. The first kappa shape index (κ1) is 26.2. The van der Waals surface area contributed by atoms with Gasteiger partial charge in [-0.05, 0) is 12.1 Å². The summed E-state index contributed by atoms with van der Waals surface area (Å²) in [5.74, 6) is -5.15. The molecule has 7 N–H and O–H groups in total. The molecule has 0 saturated carbocycles. The van der Waals surface area contributed by atoms with Crippen LogP contribution in [0.1, 0.15) is 29.4 Å². The van der Waals surface area contributed by atoms with E-state index >= 15 is 0 Å². The SMILES string of the molecule is CC(=O)N[C@H]1[C@H]([C@H](O)[C@@H](O)CNC(=O)c2ccccc2)O[C@](OCc2cn[nH]n2)(C(=O)O)C[C@@H]1O. The lowest BCUT2D eigenvalue weighted by Gasteiger charge is -2.46. The highest BCUT2D eigenvalue weighted by Crippen LogP contribution is 2.34. The molecule has 2 aromatic rings. The number of hydrogen-bond acceptors (Lipinski definition) is 10. The summed E-state index contributed by atoms with van der Waals surface area (Å²) in [4.78, 5) is 36.1. The Morgan fingerprint density at radius 3 is 2.60 bits per heavy atom. The van der Waals surface area contributed by atoms with Gasteiger partial charge in [-0.2, -0.15) is 15.4 Å². The topological polar surface area (TPSA) is 216 Å². The van der Waals surface area contributed by atoms with Gasteiger partial charge in [-0.25, -0.2) is 4.79 Å². The summed E-state index contributed by atoms with van der Waals surface area (Å²) in [6.45, 7) is 0.364. The van der Waals surface area contributed by atoms with E-state index in [-0.39, 0.29) is 12.3 Å². The van der Waals surface area contributed by atoms with Crippen molar-refractivity contribution in [3.05, 3.63) is 47.8 Å². The van der Waals surface area contributed by atoms with Gasteiger partial charge in [0.05, 0.1) is 31.1 Å². The molecule has 1 fully saturated rings. The van der Waals surface area contributed by atoms with Gasteiger partial charge < -0.3 is 40.5 Å². The number of ether oxygens (including phenoxy) is 2. The molecule has 1 saturated heterocycles. The largest absolute Gasteiger partial charge is 0.477 e. The summed E-state index contributed by atoms with van der Waals surface area (Å²) in [6, 6.07) is 6.85. The second-order valence-electron chi connectivity index (χ2n) is 8.02. The lowest BCUT2D eigenvalue weighted by atomic mass is 9.88. The predicted octanol–water partition coefficient (Wildman–Crippen LogP) is -2.09. The highest BCUT2D eigenvalue weighted by Gasteiger charge is 2.55. The maximum Gasteiger partial charge on any atom is 0.364 e. The molecule has 1 aliphatic rings. The van der Waals surface area contributed by atoms with Gasteiger partial charge >= 0.3 is 5.97 Å². The zero-order chi connectivity index (χ0) is 25.6. The molecule has 0 aliphatic carbocycles. The minimum absolute atomic E-state index is 0.244. The zero-order valence-electron chi connectivity index (χ0n) is 18.7. The van der Waals surface area contributed by atoms with Gasteiger partial charge in [0.1, 0.15) is 17.9 Å². The smallest absolute Gasteiger partial charge is 0.364 e. The second-order valence-corrected chi connectivity index (χ2v) is 8.02. The lowest BCUT2D eigenvalue weighted by Crippen LogP contribution is -2.68. The molecule has 14 nitrogen and oxygen atoms in total. The number of carboxylic acids is 1. The van der Waals surface area contributed by atoms with Crippen molar-refractivity contribution in [3.8, 4) is 0 Å². The van der Waals surface area contributed by atoms with Crippen molar-refractivity contribution in [1.82, 2.24) is 26.0 Å². The lowest BCUT2D eigenvalue weighted by molar-refractivity contribution is -0.314. The molecular weight excluding hydrogens is 466 g/mol. The van der Waals surface area contributed by atoms with Crippen LogP contribution in [0.2, 0.25) is 0 Å². The Kier molecular flexibility index (Phi) is 8.48. The quantitative estimate of drug-likeness (QED) is 0.190. The van der Waals surface area contributed by atoms with Crippen LogP contribution in [0.3, 0.4) is 0 Å². The minimum Gasteiger partial charge on any atom is -0.477 e. The first-order valence-corrected chi connectivity index (χ1v) is 10.7. The van der Waals surface area contributed by atoms with E-state index in [2.05, 4.69) is 26.0 Å². The molecule has 2 heterocycles. The Bertz CT molecular complexity index is 1010. The summed E-state index contributed by atoms with van der Waals surface area (Å²) in [5.41, 5.74) is 0.564. The number of nitrogens with one attached hydrogen (secondary N) is 3. The van der Waals surface area contributed by atoms with Crippen LogP contribution in [0.25, 0.3) is 0 Å². The molecule has 0 bridgehead atoms. The number of amides is 2. The normalized spacial score (nSPS) is 25.9. The summed E-state index contributed by atoms with van der Waals surface area (Å²) < 4.78 is 11.1. The zero-order valence-corrected chi connectivity index (χ0v) is 18.7. The van der Waals surface area contributed by atoms with Gasteiger partial charge in [0.15, 0.2) is 0 Å². The van der Waals surface area contributed by atoms with E-state index in [0.29, 0.717) is 5.56 Å². The Balaban J connectivity index is 1.77. The van der Waals surface area contributed by atoms with Crippen LogP contribution in [0.5, 0.6) is 0 Å². The molecule has 0 spiro atoms. The van der Waals surface area contributed by atoms with Crippen molar-refractivity contribution in [2.75, 3.05) is 6.54 Å². The maximum atomic E-state index is 12.3. The van der Waals surface area contributed by atoms with E-state index < -0.39 is 67.0 Å². The van der Waals surface area contributed by atoms with E-state index in [4.69, 9.17) is 9.47 Å². The number of H-pyrrole nitrogens is 1. The molecule has 35 heavy (non-hydrogen) atoms. The number of aromatic nitrogens is 3. The van der Waals surface area contributed by atoms with Crippen molar-refractivity contribution < 1.29 is 44.3 Å². The van der Waals surface area contributed by atoms with Gasteiger partial charge in [-0.15, -0.1) is 0 Å². The number of nitrogens with zero attached hydrogens (tertiary/aromatic N) is 2. The first-order valence-electron chi connectivity index (χ1n) is 10.7. The molecule has 190 valence electrons. The van der Waals surface area contributed by atoms with Crippen LogP contribution < -0.4 is 10.6 Å². The van der Waals surface area contributed by atoms with Crippen molar-refractivity contribution in [3.63, 3.8) is 0 Å². The first-order chi connectivity index (χ1) is 16.6. The number of aliphatic hydroxyl groups excluding tert-OH is 3. The number of benzene rings is 1. The van der Waals surface area contributed by atoms with Crippen LogP contribution in [0.4, 0.5) is 0 Å². The van der Waals surface area contributed by atoms with Crippen LogP contribution >= 0.6 is 0 Å². The Hall–Kier alpha value is -3.43. The van der Waals surface area contributed by atoms with Gasteiger partial charge in [0, 0.05) is 25.5 Å². The van der Waals surface area contributed by atoms with Gasteiger partial charge in [-0.3, -0.25) is 9.59 Å². The monoisotopic (exact) mass is 493 g/mol. The van der Waals surface area contributed by atoms with Gasteiger partial charge in [0.25, 0.3) is 11.7 Å². The molecule has 0 radical (unpaired) electrons. The van der Waals surface area contributed by atoms with E-state index in [1.807, 2.05) is 0 Å². The molecule has 1 aliphatic heterocycles. The fourth-order valence-corrected chi connectivity index (χ4v) is 3.66. The highest BCUT2D eigenvalue weighted by atomic mass is 16.7. The third-order valence-corrected chi connectivity index (χ3v) is 5.43. The Labute approximate surface area is 199 Å². The van der Waals surface area contributed by atoms with Crippen molar-refractivity contribution in [2.24, 2.45) is 0 Å². The standard InChI is InChI=1S/C21H27N5O9/c1-11(27)24-16-14(28)7-21(20(32)33,34-10-13-8-23-26-25-13)35-18(16)17(30)15(29)9-22-19(31)12-5-3-2-4-6-12/h2-6,8,14-18,28-30H,7,9-10H2,1H3,(H,22,31)(H,24,27)(H,32,33)(H,23,25,26)/t14-,15-,16+,17+,18+,21-/m0/s1. The molecule has 6 atom stereocenters. The number of carbonyl (C=O) groups excluding carboxylic acids is 2. The summed E-state index contributed by atoms with van der Waals surface area (Å²) >= 11 is 0. The molecule has 1 aromatic heterocycles. The van der Waals surface area contributed by atoms with Gasteiger partial charge in [0.2, 0.25) is 5.91 Å². The highest BCUT2D eigenvalue weighted by molar-refractivity contribution is 5.94. The Morgan fingerprint density at radius 1 is 1.29 bits per heavy atom. The average molecular weight is 493 g/mol. The third kappa shape index (κ3) is 6.37. The number of carboxylic acid groups (broad SMARTS) is 1. The van der Waals surface area contributed by atoms with E-state index in [9.17, 15) is 34.8 Å². The summed E-state index contributed by atoms with van der Waals surface area (Å²) in [6.07, 6.45) is -5.97. The van der Waals surface area contributed by atoms with E-state index in [1.54, 1.807) is 30.3 Å². The van der Waals surface area contributed by atoms with E-state index in [1.165, 1.54) is 6.20 Å². The van der Waals surface area contributed by atoms with Crippen LogP contribution in [0.15, 0.2) is 36.5 Å². The second kappa shape index (κ2) is 11.3. The number of aromatic amines is 1. The third-order valence-electron chi connectivity index (χ3n) is 5.43. The summed E-state index contributed by atoms with van der Waals surface area (Å²) in [7, 11) is 0. The average Bonchev–Trinajstić information content (AvgIpc) is 3.36. The maximum absolute atomic E-state index is 12.3. The van der Waals surface area contributed by atoms with Crippen LogP contribution in [-0.4, -0.2) is 96.4 Å². The van der Waals surface area contributed by atoms with E-state index in [0.717, 1.165) is 6.92 Å². The molecule has 14 heteroatoms. The molecule has 2 amide bonds. The van der Waals surface area contributed by atoms with Crippen LogP contribution in [0, 0.1) is 0 Å². The Morgan fingerprint density at radius 2 is 2.00 bits per heavy atom. The fraction of sp³-hybridized carbons (Fsp3) is 0.476. The van der Waals surface area contributed by atoms with Crippen molar-refractivity contribution in [1.29, 1.82) is 0 Å². The molecule has 1 aromatic carbocycles. The summed E-state index contributed by atoms with van der Waals surface area (Å²) in [5, 5.41) is 56.5. The van der Waals surface area contributed by atoms with Crippen molar-refractivity contribution in [2.45, 2.75) is 56.2 Å². The van der Waals surface area contributed by atoms with Crippen molar-refractivity contribution >= 4 is 17.8 Å². The molecular formula is C21H27N5O9. The fourth-order valence-electron chi connectivity index (χ4n) is 3.66. The molecule has 3 rings (SSSR count). The van der Waals surface area contributed by atoms with Gasteiger partial charge in [-0.1, -0.05) is 18.2 Å². The number of aliphatic hydroxyl groups is 3. The predicted molar refractivity (Wildman–Crippen MR) is 115 cm³/mol. The van der Waals surface area contributed by atoms with Crippen LogP contribution in [-0.2, 0) is 25.7 Å². The number of rotatable bonds is 10.